The van der Waals surface area contributed by atoms with Gasteiger partial charge >= 0.3 is 0 Å². The summed E-state index contributed by atoms with van der Waals surface area (Å²) >= 11 is 0. The molecule has 120 valence electrons. The van der Waals surface area contributed by atoms with Gasteiger partial charge in [-0.3, -0.25) is 4.79 Å². The summed E-state index contributed by atoms with van der Waals surface area (Å²) < 4.78 is 9.87. The molecule has 0 bridgehead atoms. The Hall–Kier alpha value is -2.33. The quantitative estimate of drug-likeness (QED) is 0.875. The summed E-state index contributed by atoms with van der Waals surface area (Å²) in [6, 6.07) is 14.7. The van der Waals surface area contributed by atoms with Crippen LogP contribution in [0, 0.1) is 0 Å². The maximum absolute atomic E-state index is 10.2. The summed E-state index contributed by atoms with van der Waals surface area (Å²) in [6.45, 7) is 4.59. The van der Waals surface area contributed by atoms with Gasteiger partial charge in [0.2, 0.25) is 0 Å². The maximum Gasteiger partial charge on any atom is 0.150 e. The Labute approximate surface area is 132 Å². The number of aldehydes is 1. The molecule has 4 nitrogen and oxygen atoms in total. The van der Waals surface area contributed by atoms with Gasteiger partial charge in [-0.05, 0) is 42.0 Å². The second-order valence-electron chi connectivity index (χ2n) is 3.94. The van der Waals surface area contributed by atoms with E-state index in [0.717, 1.165) is 23.3 Å². The third-order valence-electron chi connectivity index (χ3n) is 2.65. The molecule has 0 amide bonds. The third kappa shape index (κ3) is 7.45. The Bertz CT molecular complexity index is 484. The Morgan fingerprint density at radius 2 is 1.27 bits per heavy atom. The predicted octanol–water partition coefficient (Wildman–Crippen LogP) is 3.69. The fourth-order valence-corrected chi connectivity index (χ4v) is 1.44. The summed E-state index contributed by atoms with van der Waals surface area (Å²) in [5, 5.41) is 0. The van der Waals surface area contributed by atoms with Crippen LogP contribution in [0.3, 0.4) is 0 Å². The van der Waals surface area contributed by atoms with Crippen molar-refractivity contribution in [3.8, 4) is 11.5 Å². The third-order valence-corrected chi connectivity index (χ3v) is 2.65. The lowest BCUT2D eigenvalue weighted by Gasteiger charge is -1.99. The fraction of sp³-hybridized carbons (Fsp3) is 0.278. The minimum absolute atomic E-state index is 0.587. The van der Waals surface area contributed by atoms with Crippen LogP contribution in [0.15, 0.2) is 48.5 Å². The van der Waals surface area contributed by atoms with E-state index >= 15 is 0 Å². The van der Waals surface area contributed by atoms with Gasteiger partial charge in [-0.25, -0.2) is 0 Å². The van der Waals surface area contributed by atoms with Gasteiger partial charge in [0.1, 0.15) is 17.8 Å². The normalized spacial score (nSPS) is 8.59. The molecule has 4 heteroatoms. The number of nitrogens with two attached hydrogens (primary N) is 1. The van der Waals surface area contributed by atoms with Gasteiger partial charge in [-0.2, -0.15) is 0 Å². The average Bonchev–Trinajstić information content (AvgIpc) is 2.64. The highest BCUT2D eigenvalue weighted by molar-refractivity contribution is 5.74. The maximum atomic E-state index is 10.2. The first-order valence-corrected chi connectivity index (χ1v) is 7.15. The lowest BCUT2D eigenvalue weighted by atomic mass is 10.2. The Kier molecular flexibility index (Phi) is 11.1. The van der Waals surface area contributed by atoms with Crippen LogP contribution in [0.5, 0.6) is 11.5 Å². The lowest BCUT2D eigenvalue weighted by Crippen LogP contribution is -1.95. The van der Waals surface area contributed by atoms with Gasteiger partial charge < -0.3 is 15.2 Å². The molecule has 0 fully saturated rings. The number of rotatable bonds is 4. The number of methoxy groups -OCH3 is 2. The Balaban J connectivity index is 0.000000360. The van der Waals surface area contributed by atoms with Gasteiger partial charge in [-0.1, -0.05) is 26.0 Å². The number of hydrogen-bond donors (Lipinski definition) is 1. The molecule has 22 heavy (non-hydrogen) atoms. The van der Waals surface area contributed by atoms with Crippen molar-refractivity contribution >= 4 is 6.29 Å². The van der Waals surface area contributed by atoms with Crippen molar-refractivity contribution in [2.45, 2.75) is 20.4 Å². The van der Waals surface area contributed by atoms with Crippen molar-refractivity contribution in [1.29, 1.82) is 0 Å². The van der Waals surface area contributed by atoms with Gasteiger partial charge in [0, 0.05) is 12.1 Å². The molecule has 0 unspecified atom stereocenters. The molecule has 2 N–H and O–H groups in total. The van der Waals surface area contributed by atoms with Gasteiger partial charge in [0.05, 0.1) is 14.2 Å². The van der Waals surface area contributed by atoms with Gasteiger partial charge in [0.15, 0.2) is 0 Å². The average molecular weight is 303 g/mol. The van der Waals surface area contributed by atoms with Crippen LogP contribution in [0.4, 0.5) is 0 Å². The SMILES string of the molecule is CC.COc1ccc(C=O)cc1.COc1ccc(CN)cc1. The molecular weight excluding hydrogens is 278 g/mol. The second kappa shape index (κ2) is 12.4. The highest BCUT2D eigenvalue weighted by Crippen LogP contribution is 2.10. The van der Waals surface area contributed by atoms with Crippen LogP contribution in [0.1, 0.15) is 29.8 Å². The van der Waals surface area contributed by atoms with Gasteiger partial charge in [0.25, 0.3) is 0 Å². The van der Waals surface area contributed by atoms with Crippen molar-refractivity contribution in [3.05, 3.63) is 59.7 Å². The van der Waals surface area contributed by atoms with Crippen molar-refractivity contribution in [1.82, 2.24) is 0 Å². The van der Waals surface area contributed by atoms with Crippen LogP contribution in [-0.2, 0) is 6.54 Å². The topological polar surface area (TPSA) is 61.5 Å². The second-order valence-corrected chi connectivity index (χ2v) is 3.94. The standard InChI is InChI=1S/C8H11NO.C8H8O2.C2H6/c2*1-10-8-4-2-7(6-9)3-5-8;1-2/h2-5H,6,9H2,1H3;2-6H,1H3;1-2H3. The zero-order valence-corrected chi connectivity index (χ0v) is 13.7. The fourth-order valence-electron chi connectivity index (χ4n) is 1.44. The van der Waals surface area contributed by atoms with Crippen molar-refractivity contribution in [3.63, 3.8) is 0 Å². The Morgan fingerprint density at radius 3 is 1.59 bits per heavy atom. The number of carbonyl (C=O) groups excluding carboxylic acids is 1. The van der Waals surface area contributed by atoms with Crippen LogP contribution < -0.4 is 15.2 Å². The molecule has 0 atom stereocenters. The minimum Gasteiger partial charge on any atom is -0.497 e. The minimum atomic E-state index is 0.587. The first-order chi connectivity index (χ1) is 10.7. The van der Waals surface area contributed by atoms with E-state index < -0.39 is 0 Å². The van der Waals surface area contributed by atoms with Gasteiger partial charge in [-0.15, -0.1) is 0 Å². The molecule has 2 aromatic carbocycles. The van der Waals surface area contributed by atoms with Crippen molar-refractivity contribution in [2.75, 3.05) is 14.2 Å². The first-order valence-electron chi connectivity index (χ1n) is 7.15. The molecule has 2 aromatic rings. The zero-order valence-electron chi connectivity index (χ0n) is 13.7. The molecule has 0 aliphatic heterocycles. The largest absolute Gasteiger partial charge is 0.497 e. The summed E-state index contributed by atoms with van der Waals surface area (Å²) in [5.41, 5.74) is 7.19. The molecule has 0 aromatic heterocycles. The highest BCUT2D eigenvalue weighted by Gasteiger charge is 1.90. The van der Waals surface area contributed by atoms with Crippen LogP contribution in [-0.4, -0.2) is 20.5 Å². The van der Waals surface area contributed by atoms with E-state index in [1.165, 1.54) is 0 Å². The van der Waals surface area contributed by atoms with E-state index in [9.17, 15) is 4.79 Å². The van der Waals surface area contributed by atoms with E-state index in [1.807, 2.05) is 38.1 Å². The van der Waals surface area contributed by atoms with E-state index in [0.29, 0.717) is 12.1 Å². The van der Waals surface area contributed by atoms with E-state index in [1.54, 1.807) is 38.5 Å². The van der Waals surface area contributed by atoms with Crippen LogP contribution in [0.2, 0.25) is 0 Å². The van der Waals surface area contributed by atoms with Crippen molar-refractivity contribution in [2.24, 2.45) is 5.73 Å². The highest BCUT2D eigenvalue weighted by atomic mass is 16.5. The molecule has 0 saturated carbocycles. The van der Waals surface area contributed by atoms with Crippen molar-refractivity contribution < 1.29 is 14.3 Å². The van der Waals surface area contributed by atoms with E-state index in [4.69, 9.17) is 15.2 Å². The summed E-state index contributed by atoms with van der Waals surface area (Å²) in [5.74, 6) is 1.64. The first kappa shape index (κ1) is 19.7. The monoisotopic (exact) mass is 303 g/mol. The molecule has 0 spiro atoms. The number of ether oxygens (including phenoxy) is 2. The van der Waals surface area contributed by atoms with E-state index in [2.05, 4.69) is 0 Å². The smallest absolute Gasteiger partial charge is 0.150 e. The molecule has 0 saturated heterocycles. The molecule has 0 radical (unpaired) electrons. The molecule has 0 heterocycles. The number of carbonyl (C=O) groups is 1. The predicted molar refractivity (Wildman–Crippen MR) is 90.6 cm³/mol. The van der Waals surface area contributed by atoms with E-state index in [-0.39, 0.29) is 0 Å². The molecule has 0 aliphatic carbocycles. The molecular formula is C18H25NO3. The number of hydrogen-bond acceptors (Lipinski definition) is 4. The number of benzene rings is 2. The Morgan fingerprint density at radius 1 is 0.864 bits per heavy atom. The molecule has 0 aliphatic rings. The lowest BCUT2D eigenvalue weighted by molar-refractivity contribution is 0.112. The zero-order chi connectivity index (χ0) is 16.8. The van der Waals surface area contributed by atoms with Crippen LogP contribution in [0.25, 0.3) is 0 Å². The summed E-state index contributed by atoms with van der Waals surface area (Å²) in [7, 11) is 3.24. The summed E-state index contributed by atoms with van der Waals surface area (Å²) in [6.07, 6.45) is 0.805. The summed E-state index contributed by atoms with van der Waals surface area (Å²) in [4.78, 5) is 10.2. The molecule has 2 rings (SSSR count). The van der Waals surface area contributed by atoms with Crippen LogP contribution >= 0.6 is 0 Å².